The van der Waals surface area contributed by atoms with Gasteiger partial charge >= 0.3 is 6.18 Å². The molecule has 5 nitrogen and oxygen atoms in total. The smallest absolute Gasteiger partial charge is 0.418 e. The predicted molar refractivity (Wildman–Crippen MR) is 111 cm³/mol. The van der Waals surface area contributed by atoms with Crippen LogP contribution in [-0.4, -0.2) is 18.4 Å². The molecule has 0 aromatic heterocycles. The first-order chi connectivity index (χ1) is 15.5. The lowest BCUT2D eigenvalue weighted by Crippen LogP contribution is -2.22. The minimum Gasteiger partial charge on any atom is -0.484 e. The molecule has 0 fully saturated rings. The van der Waals surface area contributed by atoms with Gasteiger partial charge in [0.05, 0.1) is 21.8 Å². The van der Waals surface area contributed by atoms with E-state index < -0.39 is 47.5 Å². The summed E-state index contributed by atoms with van der Waals surface area (Å²) in [5.41, 5.74) is -2.43. The summed E-state index contributed by atoms with van der Waals surface area (Å²) >= 11 is 5.60. The largest absolute Gasteiger partial charge is 0.484 e. The van der Waals surface area contributed by atoms with Crippen molar-refractivity contribution < 1.29 is 36.3 Å². The van der Waals surface area contributed by atoms with Crippen molar-refractivity contribution in [2.75, 3.05) is 17.2 Å². The molecule has 0 bridgehead atoms. The van der Waals surface area contributed by atoms with Crippen molar-refractivity contribution in [1.29, 1.82) is 0 Å². The molecule has 0 heterocycles. The molecule has 33 heavy (non-hydrogen) atoms. The Morgan fingerprint density at radius 2 is 1.64 bits per heavy atom. The van der Waals surface area contributed by atoms with E-state index in [9.17, 15) is 31.5 Å². The monoisotopic (exact) mass is 484 g/mol. The fourth-order valence-corrected chi connectivity index (χ4v) is 2.88. The molecule has 2 amide bonds. The van der Waals surface area contributed by atoms with E-state index in [0.29, 0.717) is 6.07 Å². The lowest BCUT2D eigenvalue weighted by molar-refractivity contribution is -0.137. The predicted octanol–water partition coefficient (Wildman–Crippen LogP) is 5.91. The fourth-order valence-electron chi connectivity index (χ4n) is 2.71. The molecule has 3 rings (SSSR count). The lowest BCUT2D eigenvalue weighted by Gasteiger charge is -2.16. The first-order valence-electron chi connectivity index (χ1n) is 9.19. The molecule has 0 aliphatic heterocycles. The van der Waals surface area contributed by atoms with Crippen molar-refractivity contribution >= 4 is 34.8 Å². The Bertz CT molecular complexity index is 1200. The van der Waals surface area contributed by atoms with Gasteiger partial charge in [-0.25, -0.2) is 8.78 Å². The van der Waals surface area contributed by atoms with E-state index in [1.807, 2.05) is 0 Å². The van der Waals surface area contributed by atoms with Gasteiger partial charge in [-0.3, -0.25) is 9.59 Å². The quantitative estimate of drug-likeness (QED) is 0.428. The number of amides is 2. The Hall–Kier alpha value is -3.66. The Morgan fingerprint density at radius 1 is 0.909 bits per heavy atom. The second-order valence-electron chi connectivity index (χ2n) is 6.60. The standard InChI is InChI=1S/C22H14ClF5N2O3/c23-16-10-13(6-7-18(16)25)33-11-20(31)30-19-8-5-12(9-15(19)22(26,27)28)29-21(32)14-3-1-2-4-17(14)24/h1-10H,11H2,(H,29,32)(H,30,31). The van der Waals surface area contributed by atoms with Crippen LogP contribution in [0.1, 0.15) is 15.9 Å². The highest BCUT2D eigenvalue weighted by Crippen LogP contribution is 2.36. The highest BCUT2D eigenvalue weighted by molar-refractivity contribution is 6.30. The summed E-state index contributed by atoms with van der Waals surface area (Å²) in [6.45, 7) is -0.676. The van der Waals surface area contributed by atoms with Crippen LogP contribution in [0.15, 0.2) is 60.7 Å². The number of carbonyl (C=O) groups excluding carboxylic acids is 2. The molecule has 0 radical (unpaired) electrons. The van der Waals surface area contributed by atoms with Gasteiger partial charge in [0.25, 0.3) is 11.8 Å². The molecular weight excluding hydrogens is 471 g/mol. The Morgan fingerprint density at radius 3 is 2.30 bits per heavy atom. The Kier molecular flexibility index (Phi) is 7.17. The summed E-state index contributed by atoms with van der Waals surface area (Å²) in [5.74, 6) is -3.37. The number of carbonyl (C=O) groups is 2. The van der Waals surface area contributed by atoms with Crippen molar-refractivity contribution in [3.8, 4) is 5.75 Å². The minimum absolute atomic E-state index is 0.0406. The van der Waals surface area contributed by atoms with Gasteiger partial charge in [0.15, 0.2) is 6.61 Å². The first-order valence-corrected chi connectivity index (χ1v) is 9.57. The summed E-state index contributed by atoms with van der Waals surface area (Å²) in [4.78, 5) is 24.3. The van der Waals surface area contributed by atoms with Gasteiger partial charge in [0.2, 0.25) is 0 Å². The van der Waals surface area contributed by atoms with Crippen molar-refractivity contribution in [2.24, 2.45) is 0 Å². The molecule has 0 saturated heterocycles. The molecule has 0 spiro atoms. The van der Waals surface area contributed by atoms with Crippen molar-refractivity contribution in [1.82, 2.24) is 0 Å². The summed E-state index contributed by atoms with van der Waals surface area (Å²) in [6.07, 6.45) is -4.88. The van der Waals surface area contributed by atoms with Crippen LogP contribution < -0.4 is 15.4 Å². The molecule has 11 heteroatoms. The van der Waals surface area contributed by atoms with Gasteiger partial charge in [0.1, 0.15) is 17.4 Å². The summed E-state index contributed by atoms with van der Waals surface area (Å²) < 4.78 is 72.6. The first kappa shape index (κ1) is 24.0. The van der Waals surface area contributed by atoms with Crippen molar-refractivity contribution in [2.45, 2.75) is 6.18 Å². The molecule has 3 aromatic rings. The van der Waals surface area contributed by atoms with Gasteiger partial charge < -0.3 is 15.4 Å². The van der Waals surface area contributed by atoms with Crippen LogP contribution >= 0.6 is 11.6 Å². The fraction of sp³-hybridized carbons (Fsp3) is 0.0909. The van der Waals surface area contributed by atoms with Gasteiger partial charge in [-0.1, -0.05) is 23.7 Å². The van der Waals surface area contributed by atoms with Crippen LogP contribution in [-0.2, 0) is 11.0 Å². The number of hydrogen-bond donors (Lipinski definition) is 2. The van der Waals surface area contributed by atoms with E-state index in [-0.39, 0.29) is 22.0 Å². The minimum atomic E-state index is -4.88. The van der Waals surface area contributed by atoms with Crippen molar-refractivity contribution in [3.05, 3.63) is 88.4 Å². The Labute approximate surface area is 189 Å². The van der Waals surface area contributed by atoms with E-state index in [0.717, 1.165) is 30.3 Å². The number of alkyl halides is 3. The third kappa shape index (κ3) is 6.19. The number of nitrogens with one attached hydrogen (secondary N) is 2. The molecule has 2 N–H and O–H groups in total. The number of hydrogen-bond acceptors (Lipinski definition) is 3. The van der Waals surface area contributed by atoms with Crippen LogP contribution in [0.3, 0.4) is 0 Å². The molecule has 0 atom stereocenters. The van der Waals surface area contributed by atoms with Gasteiger partial charge in [-0.2, -0.15) is 13.2 Å². The molecule has 0 aliphatic rings. The number of rotatable bonds is 6. The van der Waals surface area contributed by atoms with Crippen LogP contribution in [0.2, 0.25) is 5.02 Å². The Balaban J connectivity index is 1.73. The van der Waals surface area contributed by atoms with Gasteiger partial charge in [-0.05, 0) is 42.5 Å². The molecule has 3 aromatic carbocycles. The average molecular weight is 485 g/mol. The summed E-state index contributed by atoms with van der Waals surface area (Å²) in [6, 6.07) is 11.0. The zero-order valence-electron chi connectivity index (χ0n) is 16.5. The maximum Gasteiger partial charge on any atom is 0.418 e. The number of benzene rings is 3. The normalized spacial score (nSPS) is 11.1. The summed E-state index contributed by atoms with van der Waals surface area (Å²) in [5, 5.41) is 4.01. The van der Waals surface area contributed by atoms with E-state index in [1.54, 1.807) is 0 Å². The topological polar surface area (TPSA) is 67.4 Å². The van der Waals surface area contributed by atoms with Crippen LogP contribution in [0.4, 0.5) is 33.3 Å². The van der Waals surface area contributed by atoms with Crippen LogP contribution in [0.5, 0.6) is 5.75 Å². The molecule has 0 aliphatic carbocycles. The van der Waals surface area contributed by atoms with Crippen LogP contribution in [0, 0.1) is 11.6 Å². The molecular formula is C22H14ClF5N2O3. The highest BCUT2D eigenvalue weighted by Gasteiger charge is 2.34. The van der Waals surface area contributed by atoms with E-state index in [2.05, 4.69) is 10.6 Å². The zero-order valence-corrected chi connectivity index (χ0v) is 17.2. The SMILES string of the molecule is O=C(COc1ccc(F)c(Cl)c1)Nc1ccc(NC(=O)c2ccccc2F)cc1C(F)(F)F. The zero-order chi connectivity index (χ0) is 24.2. The second kappa shape index (κ2) is 9.86. The summed E-state index contributed by atoms with van der Waals surface area (Å²) in [7, 11) is 0. The third-order valence-electron chi connectivity index (χ3n) is 4.24. The van der Waals surface area contributed by atoms with Gasteiger partial charge in [-0.15, -0.1) is 0 Å². The average Bonchev–Trinajstić information content (AvgIpc) is 2.75. The van der Waals surface area contributed by atoms with E-state index >= 15 is 0 Å². The van der Waals surface area contributed by atoms with Crippen LogP contribution in [0.25, 0.3) is 0 Å². The van der Waals surface area contributed by atoms with E-state index in [1.165, 1.54) is 24.3 Å². The maximum absolute atomic E-state index is 13.7. The van der Waals surface area contributed by atoms with Gasteiger partial charge in [0, 0.05) is 11.8 Å². The number of halogens is 6. The maximum atomic E-state index is 13.7. The highest BCUT2D eigenvalue weighted by atomic mass is 35.5. The van der Waals surface area contributed by atoms with E-state index in [4.69, 9.17) is 16.3 Å². The number of anilines is 2. The van der Waals surface area contributed by atoms with Crippen molar-refractivity contribution in [3.63, 3.8) is 0 Å². The lowest BCUT2D eigenvalue weighted by atomic mass is 10.1. The molecule has 0 unspecified atom stereocenters. The molecule has 0 saturated carbocycles. The second-order valence-corrected chi connectivity index (χ2v) is 7.01. The third-order valence-corrected chi connectivity index (χ3v) is 4.53. The number of ether oxygens (including phenoxy) is 1. The molecule has 172 valence electrons.